The summed E-state index contributed by atoms with van der Waals surface area (Å²) < 4.78 is 30.7. The average Bonchev–Trinajstić information content (AvgIpc) is 3.78. The number of carbonyl (C=O) groups excluding carboxylic acids is 3. The molecule has 7 rings (SSSR count). The lowest BCUT2D eigenvalue weighted by atomic mass is 9.76. The van der Waals surface area contributed by atoms with Crippen molar-refractivity contribution in [2.75, 3.05) is 19.1 Å². The van der Waals surface area contributed by atoms with Crippen LogP contribution in [0.1, 0.15) is 29.5 Å². The van der Waals surface area contributed by atoms with Gasteiger partial charge in [-0.2, -0.15) is 0 Å². The summed E-state index contributed by atoms with van der Waals surface area (Å²) in [6, 6.07) is 32.9. The van der Waals surface area contributed by atoms with Crippen LogP contribution < -0.4 is 14.4 Å². The molecule has 0 radical (unpaired) electrons. The summed E-state index contributed by atoms with van der Waals surface area (Å²) in [6.07, 6.45) is -5.04. The van der Waals surface area contributed by atoms with Gasteiger partial charge in [-0.3, -0.25) is 19.2 Å². The van der Waals surface area contributed by atoms with Gasteiger partial charge in [0.15, 0.2) is 6.10 Å². The molecule has 3 heterocycles. The molecule has 256 valence electrons. The number of benzene rings is 4. The van der Waals surface area contributed by atoms with Crippen LogP contribution in [0.15, 0.2) is 109 Å². The van der Waals surface area contributed by atoms with Crippen LogP contribution in [-0.2, 0) is 39.0 Å². The van der Waals surface area contributed by atoms with E-state index in [1.54, 1.807) is 44.6 Å². The molecule has 4 aromatic carbocycles. The van der Waals surface area contributed by atoms with Crippen LogP contribution in [0.25, 0.3) is 0 Å². The fourth-order valence-electron chi connectivity index (χ4n) is 7.44. The Balaban J connectivity index is 1.37. The monoisotopic (exact) mass is 677 g/mol. The number of esters is 1. The lowest BCUT2D eigenvalue weighted by Gasteiger charge is -2.42. The molecule has 0 aliphatic carbocycles. The quantitative estimate of drug-likeness (QED) is 0.127. The molecule has 0 saturated carbocycles. The first-order valence-corrected chi connectivity index (χ1v) is 16.3. The van der Waals surface area contributed by atoms with E-state index in [1.807, 2.05) is 78.9 Å². The third-order valence-electron chi connectivity index (χ3n) is 9.70. The Bertz CT molecular complexity index is 1830. The van der Waals surface area contributed by atoms with Crippen molar-refractivity contribution in [1.82, 2.24) is 0 Å². The minimum atomic E-state index is -1.37. The number of ether oxygens (including phenoxy) is 5. The molecular formula is C39H35NO10. The van der Waals surface area contributed by atoms with Gasteiger partial charge in [-0.15, -0.1) is 0 Å². The first-order chi connectivity index (χ1) is 24.3. The van der Waals surface area contributed by atoms with Crippen molar-refractivity contribution in [3.63, 3.8) is 0 Å². The highest BCUT2D eigenvalue weighted by molar-refractivity contribution is 6.23. The molecule has 3 aliphatic rings. The van der Waals surface area contributed by atoms with Crippen LogP contribution in [0, 0.1) is 11.8 Å². The van der Waals surface area contributed by atoms with Gasteiger partial charge in [-0.25, -0.2) is 4.90 Å². The SMILES string of the molecule is COc1ccc(C(O[C@H]2[C@@H](OC(=O)CCC(=O)O)[C@H]3O[C@@H]2[C@@H]2C(=O)N(c4ccccc4)C(=O)[C@H]32)(c2ccccc2)c2ccc(OC)cc2)cc1. The standard InChI is InChI=1S/C39H35NO10/c1-46-27-17-13-24(14-18-27)39(23-9-5-3-6-10-23,25-15-19-28(47-2)20-16-25)50-36-34-32-31(33(49-34)35(36)48-30(43)22-21-29(41)42)37(44)40(38(32)45)26-11-7-4-8-12-26/h3-20,31-36H,21-22H2,1-2H3,(H,41,42)/t31-,32+,33-,34+,35-,36+/m0/s1. The Morgan fingerprint density at radius 1 is 0.680 bits per heavy atom. The summed E-state index contributed by atoms with van der Waals surface area (Å²) in [6.45, 7) is 0. The molecule has 6 atom stereocenters. The fraction of sp³-hybridized carbons (Fsp3) is 0.282. The molecule has 11 nitrogen and oxygen atoms in total. The van der Waals surface area contributed by atoms with Gasteiger partial charge in [0, 0.05) is 0 Å². The molecule has 3 fully saturated rings. The van der Waals surface area contributed by atoms with Crippen LogP contribution >= 0.6 is 0 Å². The zero-order valence-corrected chi connectivity index (χ0v) is 27.3. The molecule has 0 spiro atoms. The van der Waals surface area contributed by atoms with E-state index in [1.165, 1.54) is 4.90 Å². The summed E-state index contributed by atoms with van der Waals surface area (Å²) in [4.78, 5) is 53.7. The Morgan fingerprint density at radius 3 is 1.66 bits per heavy atom. The second kappa shape index (κ2) is 13.4. The fourth-order valence-corrected chi connectivity index (χ4v) is 7.44. The number of amides is 2. The van der Waals surface area contributed by atoms with Crippen molar-refractivity contribution in [1.29, 1.82) is 0 Å². The van der Waals surface area contributed by atoms with Gasteiger partial charge in [-0.1, -0.05) is 72.8 Å². The van der Waals surface area contributed by atoms with Crippen LogP contribution in [0.3, 0.4) is 0 Å². The number of hydrogen-bond donors (Lipinski definition) is 1. The van der Waals surface area contributed by atoms with Gasteiger partial charge in [0.25, 0.3) is 0 Å². The first kappa shape index (κ1) is 33.0. The van der Waals surface area contributed by atoms with Crippen molar-refractivity contribution in [3.8, 4) is 11.5 Å². The molecule has 50 heavy (non-hydrogen) atoms. The number of nitrogens with zero attached hydrogens (tertiary/aromatic N) is 1. The first-order valence-electron chi connectivity index (χ1n) is 16.3. The minimum Gasteiger partial charge on any atom is -0.497 e. The molecule has 11 heteroatoms. The van der Waals surface area contributed by atoms with Crippen LogP contribution in [0.4, 0.5) is 5.69 Å². The van der Waals surface area contributed by atoms with E-state index in [-0.39, 0.29) is 0 Å². The smallest absolute Gasteiger partial charge is 0.306 e. The number of imide groups is 1. The van der Waals surface area contributed by atoms with E-state index in [0.717, 1.165) is 5.56 Å². The Morgan fingerprint density at radius 2 is 1.16 bits per heavy atom. The second-order valence-electron chi connectivity index (χ2n) is 12.4. The maximum Gasteiger partial charge on any atom is 0.306 e. The topological polar surface area (TPSA) is 138 Å². The average molecular weight is 678 g/mol. The largest absolute Gasteiger partial charge is 0.497 e. The number of aliphatic carboxylic acids is 1. The van der Waals surface area contributed by atoms with Crippen molar-refractivity contribution in [3.05, 3.63) is 126 Å². The normalized spacial score (nSPS) is 23.8. The summed E-state index contributed by atoms with van der Waals surface area (Å²) in [5.41, 5.74) is 1.18. The summed E-state index contributed by atoms with van der Waals surface area (Å²) in [5, 5.41) is 9.25. The number of para-hydroxylation sites is 1. The zero-order valence-electron chi connectivity index (χ0n) is 27.3. The highest BCUT2D eigenvalue weighted by atomic mass is 16.6. The molecule has 2 bridgehead atoms. The lowest BCUT2D eigenvalue weighted by Crippen LogP contribution is -2.54. The lowest BCUT2D eigenvalue weighted by molar-refractivity contribution is -0.172. The van der Waals surface area contributed by atoms with Crippen molar-refractivity contribution in [2.24, 2.45) is 11.8 Å². The van der Waals surface area contributed by atoms with Gasteiger partial charge < -0.3 is 28.8 Å². The number of fused-ring (bicyclic) bond motifs is 5. The van der Waals surface area contributed by atoms with E-state index in [9.17, 15) is 24.3 Å². The minimum absolute atomic E-state index is 0.395. The molecule has 3 saturated heterocycles. The maximum absolute atomic E-state index is 14.1. The molecule has 2 amide bonds. The molecule has 0 aromatic heterocycles. The molecule has 3 aliphatic heterocycles. The predicted molar refractivity (Wildman–Crippen MR) is 179 cm³/mol. The molecule has 1 N–H and O–H groups in total. The van der Waals surface area contributed by atoms with Crippen LogP contribution in [0.5, 0.6) is 11.5 Å². The second-order valence-corrected chi connectivity index (χ2v) is 12.4. The van der Waals surface area contributed by atoms with Crippen molar-refractivity contribution >= 4 is 29.4 Å². The molecule has 4 aromatic rings. The number of rotatable bonds is 12. The Labute approximate surface area is 288 Å². The van der Waals surface area contributed by atoms with E-state index < -0.39 is 78.4 Å². The maximum atomic E-state index is 14.1. The summed E-state index contributed by atoms with van der Waals surface area (Å²) in [5.74, 6) is -3.42. The van der Waals surface area contributed by atoms with Crippen LogP contribution in [-0.4, -0.2) is 67.5 Å². The number of carboxylic acids is 1. The van der Waals surface area contributed by atoms with Gasteiger partial charge in [0.2, 0.25) is 11.8 Å². The predicted octanol–water partition coefficient (Wildman–Crippen LogP) is 4.74. The number of carboxylic acid groups (broad SMARTS) is 1. The highest BCUT2D eigenvalue weighted by Gasteiger charge is 2.71. The Kier molecular flexibility index (Phi) is 8.85. The number of carbonyl (C=O) groups is 4. The van der Waals surface area contributed by atoms with E-state index in [4.69, 9.17) is 23.7 Å². The van der Waals surface area contributed by atoms with Crippen molar-refractivity contribution in [2.45, 2.75) is 42.9 Å². The number of hydrogen-bond acceptors (Lipinski definition) is 9. The van der Waals surface area contributed by atoms with E-state index in [2.05, 4.69) is 0 Å². The van der Waals surface area contributed by atoms with Gasteiger partial charge >= 0.3 is 11.9 Å². The molecule has 0 unspecified atom stereocenters. The third-order valence-corrected chi connectivity index (χ3v) is 9.70. The summed E-state index contributed by atoms with van der Waals surface area (Å²) >= 11 is 0. The Hall–Kier alpha value is -5.52. The van der Waals surface area contributed by atoms with Crippen molar-refractivity contribution < 1.29 is 48.0 Å². The number of anilines is 1. The van der Waals surface area contributed by atoms with Gasteiger partial charge in [0.05, 0.1) is 44.6 Å². The number of methoxy groups -OCH3 is 2. The highest BCUT2D eigenvalue weighted by Crippen LogP contribution is 2.54. The van der Waals surface area contributed by atoms with Gasteiger partial charge in [-0.05, 0) is 53.1 Å². The summed E-state index contributed by atoms with van der Waals surface area (Å²) in [7, 11) is 3.15. The molecular weight excluding hydrogens is 642 g/mol. The van der Waals surface area contributed by atoms with Crippen LogP contribution in [0.2, 0.25) is 0 Å². The third kappa shape index (κ3) is 5.58. The zero-order chi connectivity index (χ0) is 35.0. The van der Waals surface area contributed by atoms with E-state index in [0.29, 0.717) is 28.3 Å². The van der Waals surface area contributed by atoms with Gasteiger partial charge in [0.1, 0.15) is 35.4 Å². The van der Waals surface area contributed by atoms with E-state index >= 15 is 0 Å².